The highest BCUT2D eigenvalue weighted by Gasteiger charge is 2.15. The van der Waals surface area contributed by atoms with Gasteiger partial charge >= 0.3 is 0 Å². The van der Waals surface area contributed by atoms with E-state index in [4.69, 9.17) is 0 Å². The van der Waals surface area contributed by atoms with Crippen LogP contribution in [0.3, 0.4) is 0 Å². The van der Waals surface area contributed by atoms with Crippen molar-refractivity contribution in [2.75, 3.05) is 18.4 Å². The highest BCUT2D eigenvalue weighted by Crippen LogP contribution is 2.15. The lowest BCUT2D eigenvalue weighted by Gasteiger charge is -2.10. The molecule has 11 nitrogen and oxygen atoms in total. The monoisotopic (exact) mass is 403 g/mol. The highest BCUT2D eigenvalue weighted by molar-refractivity contribution is 7.89. The van der Waals surface area contributed by atoms with Gasteiger partial charge in [0.1, 0.15) is 11.6 Å². The largest absolute Gasteiger partial charge is 0.369 e. The molecule has 28 heavy (non-hydrogen) atoms. The number of aromatic nitrogens is 4. The number of nitro groups is 1. The Hall–Kier alpha value is -3.38. The maximum Gasteiger partial charge on any atom is 0.269 e. The van der Waals surface area contributed by atoms with Gasteiger partial charge in [0.2, 0.25) is 10.0 Å². The second kappa shape index (κ2) is 8.10. The van der Waals surface area contributed by atoms with E-state index in [0.717, 1.165) is 12.1 Å². The number of non-ortho nitro benzene ring substituents is 1. The zero-order chi connectivity index (χ0) is 20.1. The number of benzene rings is 1. The quantitative estimate of drug-likeness (QED) is 0.325. The van der Waals surface area contributed by atoms with E-state index >= 15 is 0 Å². The first-order valence-electron chi connectivity index (χ1n) is 8.19. The summed E-state index contributed by atoms with van der Waals surface area (Å²) >= 11 is 0. The average molecular weight is 403 g/mol. The fourth-order valence-corrected chi connectivity index (χ4v) is 3.40. The summed E-state index contributed by atoms with van der Waals surface area (Å²) in [5, 5.41) is 17.8. The third-order valence-corrected chi connectivity index (χ3v) is 5.12. The van der Waals surface area contributed by atoms with E-state index in [-0.39, 0.29) is 23.7 Å². The standard InChI is InChI=1S/C16H17N7O4S/c1-12-20-15(11-16(21-12)22-10-2-7-18-22)17-8-9-19-28(26,27)14-5-3-13(4-6-14)23(24)25/h2-7,10-11,19H,8-9H2,1H3,(H,17,20,21). The molecule has 2 heterocycles. The summed E-state index contributed by atoms with van der Waals surface area (Å²) in [5.74, 6) is 1.67. The van der Waals surface area contributed by atoms with E-state index in [2.05, 4.69) is 25.1 Å². The molecule has 0 spiro atoms. The molecule has 0 bridgehead atoms. The smallest absolute Gasteiger partial charge is 0.269 e. The summed E-state index contributed by atoms with van der Waals surface area (Å²) in [7, 11) is -3.77. The van der Waals surface area contributed by atoms with Crippen LogP contribution in [0.25, 0.3) is 5.82 Å². The van der Waals surface area contributed by atoms with Gasteiger partial charge in [0.15, 0.2) is 5.82 Å². The van der Waals surface area contributed by atoms with Gasteiger partial charge in [0.25, 0.3) is 5.69 Å². The number of hydrogen-bond donors (Lipinski definition) is 2. The third kappa shape index (κ3) is 4.66. The van der Waals surface area contributed by atoms with Gasteiger partial charge in [-0.3, -0.25) is 10.1 Å². The molecular weight excluding hydrogens is 386 g/mol. The van der Waals surface area contributed by atoms with Crippen LogP contribution >= 0.6 is 0 Å². The molecular formula is C16H17N7O4S. The van der Waals surface area contributed by atoms with Crippen molar-refractivity contribution in [2.45, 2.75) is 11.8 Å². The van der Waals surface area contributed by atoms with Crippen LogP contribution in [0.1, 0.15) is 5.82 Å². The number of hydrogen-bond acceptors (Lipinski definition) is 8. The fraction of sp³-hybridized carbons (Fsp3) is 0.188. The molecule has 146 valence electrons. The highest BCUT2D eigenvalue weighted by atomic mass is 32.2. The van der Waals surface area contributed by atoms with Crippen LogP contribution in [0, 0.1) is 17.0 Å². The number of sulfonamides is 1. The lowest BCUT2D eigenvalue weighted by Crippen LogP contribution is -2.29. The van der Waals surface area contributed by atoms with Crippen molar-refractivity contribution < 1.29 is 13.3 Å². The van der Waals surface area contributed by atoms with Gasteiger partial charge < -0.3 is 5.32 Å². The van der Waals surface area contributed by atoms with E-state index in [1.165, 1.54) is 12.1 Å². The predicted molar refractivity (Wildman–Crippen MR) is 101 cm³/mol. The van der Waals surface area contributed by atoms with Gasteiger partial charge in [0.05, 0.1) is 9.82 Å². The zero-order valence-electron chi connectivity index (χ0n) is 14.8. The molecule has 1 aromatic carbocycles. The van der Waals surface area contributed by atoms with Crippen LogP contribution < -0.4 is 10.0 Å². The van der Waals surface area contributed by atoms with E-state index in [1.54, 1.807) is 36.1 Å². The molecule has 0 aliphatic heterocycles. The molecule has 0 fully saturated rings. The third-order valence-electron chi connectivity index (χ3n) is 3.64. The molecule has 0 saturated carbocycles. The van der Waals surface area contributed by atoms with Crippen LogP contribution in [-0.4, -0.2) is 46.2 Å². The molecule has 0 amide bonds. The van der Waals surface area contributed by atoms with E-state index in [9.17, 15) is 18.5 Å². The minimum absolute atomic E-state index is 0.0445. The summed E-state index contributed by atoms with van der Waals surface area (Å²) in [6, 6.07) is 8.15. The molecule has 0 aliphatic rings. The summed E-state index contributed by atoms with van der Waals surface area (Å²) < 4.78 is 28.5. The number of anilines is 1. The Morgan fingerprint density at radius 3 is 2.57 bits per heavy atom. The topological polar surface area (TPSA) is 145 Å². The normalized spacial score (nSPS) is 11.3. The molecule has 12 heteroatoms. The molecule has 2 aromatic heterocycles. The van der Waals surface area contributed by atoms with Gasteiger partial charge in [-0.15, -0.1) is 0 Å². The SMILES string of the molecule is Cc1nc(NCCNS(=O)(=O)c2ccc([N+](=O)[O-])cc2)cc(-n2cccn2)n1. The number of nitro benzene ring substituents is 1. The lowest BCUT2D eigenvalue weighted by molar-refractivity contribution is -0.384. The van der Waals surface area contributed by atoms with E-state index in [0.29, 0.717) is 17.5 Å². The van der Waals surface area contributed by atoms with Crippen LogP contribution in [0.5, 0.6) is 0 Å². The molecule has 2 N–H and O–H groups in total. The summed E-state index contributed by atoms with van der Waals surface area (Å²) in [5.41, 5.74) is -0.173. The second-order valence-corrected chi connectivity index (χ2v) is 7.45. The minimum Gasteiger partial charge on any atom is -0.369 e. The first kappa shape index (κ1) is 19.4. The Kier molecular flexibility index (Phi) is 5.61. The fourth-order valence-electron chi connectivity index (χ4n) is 2.37. The Morgan fingerprint density at radius 1 is 1.18 bits per heavy atom. The average Bonchev–Trinajstić information content (AvgIpc) is 3.20. The van der Waals surface area contributed by atoms with Gasteiger partial charge in [0, 0.05) is 43.7 Å². The molecule has 3 rings (SSSR count). The summed E-state index contributed by atoms with van der Waals surface area (Å²) in [4.78, 5) is 18.6. The van der Waals surface area contributed by atoms with Gasteiger partial charge in [-0.25, -0.2) is 27.8 Å². The lowest BCUT2D eigenvalue weighted by atomic mass is 10.3. The molecule has 0 aliphatic carbocycles. The van der Waals surface area contributed by atoms with Crippen LogP contribution in [0.2, 0.25) is 0 Å². The van der Waals surface area contributed by atoms with Crippen LogP contribution in [0.4, 0.5) is 11.5 Å². The maximum atomic E-state index is 12.2. The van der Waals surface area contributed by atoms with Crippen molar-refractivity contribution in [1.82, 2.24) is 24.5 Å². The number of nitrogens with one attached hydrogen (secondary N) is 2. The number of rotatable bonds is 8. The van der Waals surface area contributed by atoms with Crippen molar-refractivity contribution >= 4 is 21.5 Å². The molecule has 3 aromatic rings. The Morgan fingerprint density at radius 2 is 1.93 bits per heavy atom. The zero-order valence-corrected chi connectivity index (χ0v) is 15.6. The van der Waals surface area contributed by atoms with Crippen molar-refractivity contribution in [1.29, 1.82) is 0 Å². The molecule has 0 saturated heterocycles. The summed E-state index contributed by atoms with van der Waals surface area (Å²) in [6.07, 6.45) is 3.39. The molecule has 0 unspecified atom stereocenters. The predicted octanol–water partition coefficient (Wildman–Crippen LogP) is 1.27. The molecule has 0 radical (unpaired) electrons. The van der Waals surface area contributed by atoms with Crippen molar-refractivity contribution in [3.05, 3.63) is 64.7 Å². The summed E-state index contributed by atoms with van der Waals surface area (Å²) in [6.45, 7) is 2.12. The van der Waals surface area contributed by atoms with E-state index < -0.39 is 14.9 Å². The number of aryl methyl sites for hydroxylation is 1. The maximum absolute atomic E-state index is 12.2. The Bertz CT molecular complexity index is 1070. The molecule has 0 atom stereocenters. The van der Waals surface area contributed by atoms with Crippen molar-refractivity contribution in [3.8, 4) is 5.82 Å². The van der Waals surface area contributed by atoms with Gasteiger partial charge in [-0.2, -0.15) is 5.10 Å². The Balaban J connectivity index is 1.59. The number of nitrogens with zero attached hydrogens (tertiary/aromatic N) is 5. The van der Waals surface area contributed by atoms with Crippen LogP contribution in [-0.2, 0) is 10.0 Å². The Labute approximate surface area is 160 Å². The second-order valence-electron chi connectivity index (χ2n) is 5.68. The van der Waals surface area contributed by atoms with Crippen molar-refractivity contribution in [2.24, 2.45) is 0 Å². The first-order valence-corrected chi connectivity index (χ1v) is 9.67. The van der Waals surface area contributed by atoms with Gasteiger partial charge in [-0.1, -0.05) is 0 Å². The first-order chi connectivity index (χ1) is 13.3. The van der Waals surface area contributed by atoms with E-state index in [1.807, 2.05) is 0 Å². The van der Waals surface area contributed by atoms with Crippen molar-refractivity contribution in [3.63, 3.8) is 0 Å². The minimum atomic E-state index is -3.77. The van der Waals surface area contributed by atoms with Crippen LogP contribution in [0.15, 0.2) is 53.7 Å². The van der Waals surface area contributed by atoms with Gasteiger partial charge in [-0.05, 0) is 25.1 Å².